The summed E-state index contributed by atoms with van der Waals surface area (Å²) in [5, 5.41) is 11.3. The molecule has 0 aliphatic carbocycles. The van der Waals surface area contributed by atoms with Gasteiger partial charge in [0.05, 0.1) is 24.8 Å². The Morgan fingerprint density at radius 3 is 2.32 bits per heavy atom. The van der Waals surface area contributed by atoms with Gasteiger partial charge in [-0.1, -0.05) is 39.8 Å². The van der Waals surface area contributed by atoms with Crippen LogP contribution in [0.5, 0.6) is 11.5 Å². The molecule has 1 heterocycles. The number of ether oxygens (including phenoxy) is 2. The Labute approximate surface area is 220 Å². The predicted molar refractivity (Wildman–Crippen MR) is 146 cm³/mol. The predicted octanol–water partition coefficient (Wildman–Crippen LogP) is 5.27. The maximum atomic E-state index is 13.3. The van der Waals surface area contributed by atoms with Gasteiger partial charge in [-0.25, -0.2) is 0 Å². The molecule has 1 atom stereocenters. The van der Waals surface area contributed by atoms with Crippen LogP contribution in [0.1, 0.15) is 58.2 Å². The summed E-state index contributed by atoms with van der Waals surface area (Å²) in [5.41, 5.74) is 1.28. The van der Waals surface area contributed by atoms with Gasteiger partial charge in [-0.3, -0.25) is 9.59 Å². The van der Waals surface area contributed by atoms with Crippen molar-refractivity contribution in [2.45, 2.75) is 47.1 Å². The van der Waals surface area contributed by atoms with Crippen molar-refractivity contribution in [2.75, 3.05) is 39.4 Å². The molecule has 1 unspecified atom stereocenters. The van der Waals surface area contributed by atoms with Gasteiger partial charge in [0.2, 0.25) is 0 Å². The highest BCUT2D eigenvalue weighted by Crippen LogP contribution is 2.40. The van der Waals surface area contributed by atoms with Gasteiger partial charge in [0.1, 0.15) is 17.3 Å². The number of hydrogen-bond acceptors (Lipinski definition) is 6. The third-order valence-corrected chi connectivity index (χ3v) is 6.67. The Morgan fingerprint density at radius 2 is 1.70 bits per heavy atom. The van der Waals surface area contributed by atoms with E-state index in [0.29, 0.717) is 49.3 Å². The summed E-state index contributed by atoms with van der Waals surface area (Å²) in [6.07, 6.45) is 0.921. The number of rotatable bonds is 13. The zero-order valence-corrected chi connectivity index (χ0v) is 22.7. The van der Waals surface area contributed by atoms with E-state index >= 15 is 0 Å². The minimum absolute atomic E-state index is 0.0908. The van der Waals surface area contributed by atoms with Crippen LogP contribution in [0.4, 0.5) is 0 Å². The minimum atomic E-state index is -0.712. The maximum absolute atomic E-state index is 13.3. The van der Waals surface area contributed by atoms with Gasteiger partial charge in [0, 0.05) is 18.7 Å². The molecule has 7 nitrogen and oxygen atoms in total. The molecule has 1 fully saturated rings. The number of aliphatic hydroxyl groups excluding tert-OH is 1. The van der Waals surface area contributed by atoms with Gasteiger partial charge < -0.3 is 24.4 Å². The first-order valence-electron chi connectivity index (χ1n) is 13.3. The maximum Gasteiger partial charge on any atom is 0.295 e. The van der Waals surface area contributed by atoms with E-state index < -0.39 is 17.7 Å². The third-order valence-electron chi connectivity index (χ3n) is 6.67. The fourth-order valence-electron chi connectivity index (χ4n) is 4.46. The average Bonchev–Trinajstić information content (AvgIpc) is 3.14. The monoisotopic (exact) mass is 508 g/mol. The molecule has 0 aromatic heterocycles. The molecule has 2 aromatic rings. The summed E-state index contributed by atoms with van der Waals surface area (Å²) in [5.74, 6) is 0.389. The van der Waals surface area contributed by atoms with E-state index in [9.17, 15) is 14.7 Å². The summed E-state index contributed by atoms with van der Waals surface area (Å²) >= 11 is 0. The fraction of sp³-hybridized carbons (Fsp3) is 0.467. The van der Waals surface area contributed by atoms with Crippen LogP contribution in [0.15, 0.2) is 54.1 Å². The van der Waals surface area contributed by atoms with E-state index in [2.05, 4.69) is 32.6 Å². The summed E-state index contributed by atoms with van der Waals surface area (Å²) in [4.78, 5) is 30.4. The van der Waals surface area contributed by atoms with Crippen molar-refractivity contribution in [3.63, 3.8) is 0 Å². The standard InChI is InChI=1S/C30H40N2O5/c1-6-31(7-2)17-18-32-27(23-10-9-11-25(20-23)37-19-16-21(4)5)26(29(34)30(32)35)28(33)22-12-14-24(15-13-22)36-8-3/h9-15,20-21,27,33H,6-8,16-19H2,1-5H3. The Morgan fingerprint density at radius 1 is 1.00 bits per heavy atom. The topological polar surface area (TPSA) is 79.3 Å². The molecule has 200 valence electrons. The number of Topliss-reactive ketones (excluding diaryl/α,β-unsaturated/α-hetero) is 1. The largest absolute Gasteiger partial charge is 0.507 e. The van der Waals surface area contributed by atoms with Crippen molar-refractivity contribution in [3.8, 4) is 11.5 Å². The second-order valence-corrected chi connectivity index (χ2v) is 9.58. The first-order valence-corrected chi connectivity index (χ1v) is 13.3. The van der Waals surface area contributed by atoms with Crippen LogP contribution in [0.3, 0.4) is 0 Å². The summed E-state index contributed by atoms with van der Waals surface area (Å²) in [6, 6.07) is 13.7. The number of carbonyl (C=O) groups excluding carboxylic acids is 2. The van der Waals surface area contributed by atoms with E-state index in [-0.39, 0.29) is 11.3 Å². The number of nitrogens with zero attached hydrogens (tertiary/aromatic N) is 2. The van der Waals surface area contributed by atoms with Crippen LogP contribution in [0, 0.1) is 5.92 Å². The molecule has 37 heavy (non-hydrogen) atoms. The number of carbonyl (C=O) groups is 2. The van der Waals surface area contributed by atoms with Crippen molar-refractivity contribution < 1.29 is 24.2 Å². The Balaban J connectivity index is 2.03. The second-order valence-electron chi connectivity index (χ2n) is 9.58. The van der Waals surface area contributed by atoms with Crippen LogP contribution in [0.25, 0.3) is 5.76 Å². The first kappa shape index (κ1) is 28.3. The lowest BCUT2D eigenvalue weighted by molar-refractivity contribution is -0.140. The molecule has 1 aliphatic heterocycles. The molecule has 2 aromatic carbocycles. The van der Waals surface area contributed by atoms with Gasteiger partial charge in [-0.05, 0) is 74.3 Å². The zero-order valence-electron chi connectivity index (χ0n) is 22.7. The van der Waals surface area contributed by atoms with Gasteiger partial charge in [-0.15, -0.1) is 0 Å². The lowest BCUT2D eigenvalue weighted by Crippen LogP contribution is -2.38. The van der Waals surface area contributed by atoms with E-state index in [1.165, 1.54) is 0 Å². The Hall–Kier alpha value is -3.32. The zero-order chi connectivity index (χ0) is 26.9. The lowest BCUT2D eigenvalue weighted by atomic mass is 9.95. The lowest BCUT2D eigenvalue weighted by Gasteiger charge is -2.28. The molecule has 3 rings (SSSR count). The number of likely N-dealkylation sites (tertiary alicyclic amines) is 1. The van der Waals surface area contributed by atoms with Gasteiger partial charge in [-0.2, -0.15) is 0 Å². The molecule has 0 bridgehead atoms. The van der Waals surface area contributed by atoms with Crippen molar-refractivity contribution in [3.05, 3.63) is 65.2 Å². The summed E-state index contributed by atoms with van der Waals surface area (Å²) < 4.78 is 11.5. The Bertz CT molecular complexity index is 1090. The molecule has 0 spiro atoms. The molecule has 1 N–H and O–H groups in total. The fourth-order valence-corrected chi connectivity index (χ4v) is 4.46. The van der Waals surface area contributed by atoms with Gasteiger partial charge in [0.15, 0.2) is 0 Å². The number of ketones is 1. The molecule has 7 heteroatoms. The quantitative estimate of drug-likeness (QED) is 0.225. The number of benzene rings is 2. The molecule has 1 aliphatic rings. The van der Waals surface area contributed by atoms with Gasteiger partial charge >= 0.3 is 0 Å². The van der Waals surface area contributed by atoms with Crippen LogP contribution in [-0.2, 0) is 9.59 Å². The molecule has 0 radical (unpaired) electrons. The minimum Gasteiger partial charge on any atom is -0.507 e. The average molecular weight is 509 g/mol. The van der Waals surface area contributed by atoms with Crippen molar-refractivity contribution in [1.82, 2.24) is 9.80 Å². The molecule has 1 amide bonds. The molecule has 1 saturated heterocycles. The molecular formula is C30H40N2O5. The van der Waals surface area contributed by atoms with Crippen molar-refractivity contribution in [1.29, 1.82) is 0 Å². The number of hydrogen-bond donors (Lipinski definition) is 1. The van der Waals surface area contributed by atoms with Crippen LogP contribution >= 0.6 is 0 Å². The Kier molecular flexibility index (Phi) is 10.1. The van der Waals surface area contributed by atoms with Crippen LogP contribution in [-0.4, -0.2) is 66.0 Å². The third kappa shape index (κ3) is 6.92. The van der Waals surface area contributed by atoms with E-state index in [4.69, 9.17) is 9.47 Å². The SMILES string of the molecule is CCOc1ccc(C(O)=C2C(=O)C(=O)N(CCN(CC)CC)C2c2cccc(OCCC(C)C)c2)cc1. The number of likely N-dealkylation sites (N-methyl/N-ethyl adjacent to an activating group) is 1. The second kappa shape index (κ2) is 13.3. The van der Waals surface area contributed by atoms with Crippen LogP contribution < -0.4 is 9.47 Å². The summed E-state index contributed by atoms with van der Waals surface area (Å²) in [7, 11) is 0. The van der Waals surface area contributed by atoms with Crippen molar-refractivity contribution >= 4 is 17.4 Å². The normalized spacial score (nSPS) is 17.2. The van der Waals surface area contributed by atoms with Crippen LogP contribution in [0.2, 0.25) is 0 Å². The molecule has 0 saturated carbocycles. The van der Waals surface area contributed by atoms with Gasteiger partial charge in [0.25, 0.3) is 11.7 Å². The van der Waals surface area contributed by atoms with E-state index in [0.717, 1.165) is 25.1 Å². The summed E-state index contributed by atoms with van der Waals surface area (Å²) in [6.45, 7) is 14.1. The van der Waals surface area contributed by atoms with Crippen molar-refractivity contribution in [2.24, 2.45) is 5.92 Å². The number of amides is 1. The molecular weight excluding hydrogens is 468 g/mol. The highest BCUT2D eigenvalue weighted by Gasteiger charge is 2.46. The highest BCUT2D eigenvalue weighted by atomic mass is 16.5. The van der Waals surface area contributed by atoms with E-state index in [1.54, 1.807) is 29.2 Å². The highest BCUT2D eigenvalue weighted by molar-refractivity contribution is 6.46. The van der Waals surface area contributed by atoms with E-state index in [1.807, 2.05) is 31.2 Å². The first-order chi connectivity index (χ1) is 17.8. The number of aliphatic hydroxyl groups is 1. The smallest absolute Gasteiger partial charge is 0.295 e.